The number of nitrogens with one attached hydrogen (secondary N) is 3. The van der Waals surface area contributed by atoms with E-state index in [9.17, 15) is 9.59 Å². The summed E-state index contributed by atoms with van der Waals surface area (Å²) in [5.74, 6) is 1.74. The standard InChI is InChI=1S/C33H37N5O11/c1-41-20-10-17(11-21(42-2)28(20)47-7)31(39)35-27-16-26(34-19-14-24(45-5)30(49-9)25(15-19)46-6)36-33(37-27)38-32(40)18-12-22(43-3)29(48-8)23(13-18)44-4/h10-16H,1-9H3,(H3,34,35,36,37,38,39,40). The third-order valence-electron chi connectivity index (χ3n) is 6.98. The van der Waals surface area contributed by atoms with E-state index in [0.717, 1.165) is 0 Å². The maximum Gasteiger partial charge on any atom is 0.258 e. The van der Waals surface area contributed by atoms with Gasteiger partial charge in [-0.2, -0.15) is 9.97 Å². The molecule has 0 fully saturated rings. The first kappa shape index (κ1) is 35.5. The van der Waals surface area contributed by atoms with Crippen molar-refractivity contribution in [3.63, 3.8) is 0 Å². The molecule has 3 aromatic carbocycles. The van der Waals surface area contributed by atoms with Crippen LogP contribution >= 0.6 is 0 Å². The predicted octanol–water partition coefficient (Wildman–Crippen LogP) is 4.80. The lowest BCUT2D eigenvalue weighted by Gasteiger charge is -2.16. The van der Waals surface area contributed by atoms with Crippen molar-refractivity contribution >= 4 is 35.1 Å². The van der Waals surface area contributed by atoms with Gasteiger partial charge in [-0.3, -0.25) is 14.9 Å². The molecule has 16 heteroatoms. The van der Waals surface area contributed by atoms with Gasteiger partial charge in [0.05, 0.1) is 64.0 Å². The molecule has 0 aliphatic heterocycles. The third kappa shape index (κ3) is 7.81. The first-order chi connectivity index (χ1) is 23.7. The Morgan fingerprint density at radius 3 is 1.16 bits per heavy atom. The average molecular weight is 680 g/mol. The van der Waals surface area contributed by atoms with Crippen molar-refractivity contribution in [2.45, 2.75) is 0 Å². The number of carbonyl (C=O) groups excluding carboxylic acids is 2. The summed E-state index contributed by atoms with van der Waals surface area (Å²) in [6.07, 6.45) is 0. The molecule has 0 aliphatic rings. The number of methoxy groups -OCH3 is 9. The van der Waals surface area contributed by atoms with Crippen molar-refractivity contribution in [2.24, 2.45) is 0 Å². The summed E-state index contributed by atoms with van der Waals surface area (Å²) in [5, 5.41) is 8.53. The van der Waals surface area contributed by atoms with Crippen LogP contribution in [0.25, 0.3) is 0 Å². The molecule has 2 amide bonds. The number of amides is 2. The quantitative estimate of drug-likeness (QED) is 0.156. The Morgan fingerprint density at radius 2 is 0.796 bits per heavy atom. The molecule has 4 aromatic rings. The molecule has 4 rings (SSSR count). The predicted molar refractivity (Wildman–Crippen MR) is 180 cm³/mol. The largest absolute Gasteiger partial charge is 0.493 e. The minimum Gasteiger partial charge on any atom is -0.493 e. The Balaban J connectivity index is 1.76. The zero-order valence-electron chi connectivity index (χ0n) is 28.4. The lowest BCUT2D eigenvalue weighted by atomic mass is 10.1. The molecule has 0 bridgehead atoms. The number of anilines is 4. The van der Waals surface area contributed by atoms with Crippen LogP contribution in [0.5, 0.6) is 51.7 Å². The molecular weight excluding hydrogens is 642 g/mol. The normalized spacial score (nSPS) is 10.3. The number of benzene rings is 3. The second-order valence-corrected chi connectivity index (χ2v) is 9.74. The molecule has 0 aliphatic carbocycles. The minimum absolute atomic E-state index is 0.0314. The van der Waals surface area contributed by atoms with Crippen LogP contribution in [0.1, 0.15) is 20.7 Å². The van der Waals surface area contributed by atoms with Crippen LogP contribution < -0.4 is 58.6 Å². The second-order valence-electron chi connectivity index (χ2n) is 9.74. The highest BCUT2D eigenvalue weighted by Gasteiger charge is 2.21. The third-order valence-corrected chi connectivity index (χ3v) is 6.98. The van der Waals surface area contributed by atoms with Crippen LogP contribution in [0, 0.1) is 0 Å². The summed E-state index contributed by atoms with van der Waals surface area (Å²) < 4.78 is 48.6. The molecule has 0 spiro atoms. The van der Waals surface area contributed by atoms with Crippen molar-refractivity contribution in [1.29, 1.82) is 0 Å². The average Bonchev–Trinajstić information content (AvgIpc) is 3.12. The van der Waals surface area contributed by atoms with Gasteiger partial charge >= 0.3 is 0 Å². The van der Waals surface area contributed by atoms with E-state index >= 15 is 0 Å². The van der Waals surface area contributed by atoms with E-state index in [1.165, 1.54) is 94.3 Å². The lowest BCUT2D eigenvalue weighted by Crippen LogP contribution is -2.18. The van der Waals surface area contributed by atoms with E-state index in [0.29, 0.717) is 34.4 Å². The van der Waals surface area contributed by atoms with Gasteiger partial charge in [-0.05, 0) is 24.3 Å². The van der Waals surface area contributed by atoms with Crippen LogP contribution in [0.2, 0.25) is 0 Å². The Kier molecular flexibility index (Phi) is 11.6. The summed E-state index contributed by atoms with van der Waals surface area (Å²) >= 11 is 0. The van der Waals surface area contributed by atoms with Crippen molar-refractivity contribution in [1.82, 2.24) is 9.97 Å². The zero-order chi connectivity index (χ0) is 35.7. The molecule has 49 heavy (non-hydrogen) atoms. The van der Waals surface area contributed by atoms with Crippen molar-refractivity contribution < 1.29 is 52.2 Å². The Hall–Kier alpha value is -6.32. The lowest BCUT2D eigenvalue weighted by molar-refractivity contribution is 0.101. The Morgan fingerprint density at radius 1 is 0.449 bits per heavy atom. The molecule has 0 radical (unpaired) electrons. The number of hydrogen-bond acceptors (Lipinski definition) is 14. The zero-order valence-corrected chi connectivity index (χ0v) is 28.4. The molecule has 0 unspecified atom stereocenters. The molecule has 1 aromatic heterocycles. The summed E-state index contributed by atoms with van der Waals surface area (Å²) in [7, 11) is 13.1. The van der Waals surface area contributed by atoms with E-state index in [-0.39, 0.29) is 51.7 Å². The molecule has 0 saturated carbocycles. The number of nitrogens with zero attached hydrogens (tertiary/aromatic N) is 2. The summed E-state index contributed by atoms with van der Waals surface area (Å²) in [5.41, 5.74) is 0.816. The second kappa shape index (κ2) is 16.0. The van der Waals surface area contributed by atoms with Gasteiger partial charge in [-0.1, -0.05) is 0 Å². The number of ether oxygens (including phenoxy) is 9. The van der Waals surface area contributed by atoms with E-state index < -0.39 is 11.8 Å². The highest BCUT2D eigenvalue weighted by Crippen LogP contribution is 2.42. The molecule has 0 saturated heterocycles. The van der Waals surface area contributed by atoms with Crippen molar-refractivity contribution in [3.05, 3.63) is 53.6 Å². The van der Waals surface area contributed by atoms with Gasteiger partial charge in [0.25, 0.3) is 11.8 Å². The first-order valence-corrected chi connectivity index (χ1v) is 14.4. The van der Waals surface area contributed by atoms with Crippen LogP contribution in [0.15, 0.2) is 42.5 Å². The Bertz CT molecular complexity index is 1660. The van der Waals surface area contributed by atoms with Crippen LogP contribution in [0.4, 0.5) is 23.3 Å². The van der Waals surface area contributed by atoms with Crippen LogP contribution in [0.3, 0.4) is 0 Å². The van der Waals surface area contributed by atoms with E-state index in [2.05, 4.69) is 25.9 Å². The summed E-state index contributed by atoms with van der Waals surface area (Å²) in [6, 6.07) is 10.7. The maximum atomic E-state index is 13.5. The van der Waals surface area contributed by atoms with Crippen molar-refractivity contribution in [3.8, 4) is 51.7 Å². The smallest absolute Gasteiger partial charge is 0.258 e. The van der Waals surface area contributed by atoms with Gasteiger partial charge in [-0.25, -0.2) is 0 Å². The van der Waals surface area contributed by atoms with Gasteiger partial charge in [0.15, 0.2) is 34.5 Å². The molecular formula is C33H37N5O11. The Labute approximate surface area is 282 Å². The fourth-order valence-corrected chi connectivity index (χ4v) is 4.72. The van der Waals surface area contributed by atoms with Gasteiger partial charge in [0, 0.05) is 35.0 Å². The molecule has 0 atom stereocenters. The molecule has 260 valence electrons. The maximum absolute atomic E-state index is 13.5. The molecule has 1 heterocycles. The minimum atomic E-state index is -0.605. The molecule has 16 nitrogen and oxygen atoms in total. The van der Waals surface area contributed by atoms with Crippen LogP contribution in [-0.4, -0.2) is 85.8 Å². The topological polar surface area (TPSA) is 179 Å². The number of rotatable bonds is 15. The number of aromatic nitrogens is 2. The van der Waals surface area contributed by atoms with Gasteiger partial charge in [-0.15, -0.1) is 0 Å². The van der Waals surface area contributed by atoms with E-state index in [1.807, 2.05) is 0 Å². The van der Waals surface area contributed by atoms with Gasteiger partial charge in [0.1, 0.15) is 11.6 Å². The summed E-state index contributed by atoms with van der Waals surface area (Å²) in [6.45, 7) is 0. The highest BCUT2D eigenvalue weighted by molar-refractivity contribution is 6.06. The van der Waals surface area contributed by atoms with Gasteiger partial charge < -0.3 is 53.3 Å². The van der Waals surface area contributed by atoms with E-state index in [4.69, 9.17) is 42.6 Å². The number of hydrogen-bond donors (Lipinski definition) is 3. The number of carbonyl (C=O) groups is 2. The first-order valence-electron chi connectivity index (χ1n) is 14.4. The van der Waals surface area contributed by atoms with Crippen molar-refractivity contribution in [2.75, 3.05) is 79.9 Å². The highest BCUT2D eigenvalue weighted by atomic mass is 16.5. The monoisotopic (exact) mass is 679 g/mol. The van der Waals surface area contributed by atoms with Gasteiger partial charge in [0.2, 0.25) is 23.2 Å². The fraction of sp³-hybridized carbons (Fsp3) is 0.273. The van der Waals surface area contributed by atoms with E-state index in [1.54, 1.807) is 12.1 Å². The van der Waals surface area contributed by atoms with Crippen LogP contribution in [-0.2, 0) is 0 Å². The molecule has 3 N–H and O–H groups in total. The summed E-state index contributed by atoms with van der Waals surface area (Å²) in [4.78, 5) is 35.8. The fourth-order valence-electron chi connectivity index (χ4n) is 4.72. The SMILES string of the molecule is COc1cc(Nc2cc(NC(=O)c3cc(OC)c(OC)c(OC)c3)nc(NC(=O)c3cc(OC)c(OC)c(OC)c3)n2)cc(OC)c1OC.